The molecule has 3 N–H and O–H groups in total. The van der Waals surface area contributed by atoms with E-state index in [1.54, 1.807) is 0 Å². The zero-order valence-corrected chi connectivity index (χ0v) is 12.0. The molecule has 0 heterocycles. The quantitative estimate of drug-likeness (QED) is 0.802. The van der Waals surface area contributed by atoms with E-state index in [1.807, 2.05) is 26.0 Å². The fraction of sp³-hybridized carbons (Fsp3) is 0.333. The Morgan fingerprint density at radius 1 is 1.28 bits per heavy atom. The minimum absolute atomic E-state index is 0.536. The smallest absolute Gasteiger partial charge is 0.325 e. The van der Waals surface area contributed by atoms with Crippen LogP contribution in [0.4, 0.5) is 10.5 Å². The molecule has 18 heavy (non-hydrogen) atoms. The maximum absolute atomic E-state index is 11.5. The zero-order valence-electron chi connectivity index (χ0n) is 10.4. The van der Waals surface area contributed by atoms with Gasteiger partial charge in [-0.05, 0) is 44.0 Å². The molecule has 0 aliphatic carbocycles. The fourth-order valence-corrected chi connectivity index (χ4v) is 1.67. The topological polar surface area (TPSA) is 78.4 Å². The van der Waals surface area contributed by atoms with Crippen LogP contribution in [0.3, 0.4) is 0 Å². The Morgan fingerprint density at radius 2 is 1.78 bits per heavy atom. The first-order valence-corrected chi connectivity index (χ1v) is 6.17. The van der Waals surface area contributed by atoms with Gasteiger partial charge < -0.3 is 15.7 Å². The summed E-state index contributed by atoms with van der Waals surface area (Å²) in [5.41, 5.74) is 2.62. The second-order valence-corrected chi connectivity index (χ2v) is 4.88. The lowest BCUT2D eigenvalue weighted by atomic mass is 10.1. The molecule has 0 aromatic heterocycles. The number of carboxylic acids is 1. The molecule has 1 rings (SSSR count). The van der Waals surface area contributed by atoms with Crippen LogP contribution in [0.2, 0.25) is 0 Å². The Labute approximate surface area is 114 Å². The predicted molar refractivity (Wildman–Crippen MR) is 72.9 cm³/mol. The standard InChI is InChI=1S/C12H15BrN2O3/c1-6-4-9(5-7(2)10(6)13)15-12(18)14-8(3)11(16)17/h4-5,8H,1-3H3,(H,16,17)(H2,14,15,18)/t8-/m0/s1. The molecule has 0 unspecified atom stereocenters. The maximum atomic E-state index is 11.5. The van der Waals surface area contributed by atoms with Crippen molar-refractivity contribution in [3.8, 4) is 0 Å². The summed E-state index contributed by atoms with van der Waals surface area (Å²) < 4.78 is 0.993. The number of amides is 2. The molecule has 1 aromatic rings. The monoisotopic (exact) mass is 314 g/mol. The fourth-order valence-electron chi connectivity index (χ4n) is 1.44. The predicted octanol–water partition coefficient (Wildman–Crippen LogP) is 2.66. The second kappa shape index (κ2) is 5.86. The molecule has 0 bridgehead atoms. The van der Waals surface area contributed by atoms with Crippen molar-refractivity contribution in [2.45, 2.75) is 26.8 Å². The molecular weight excluding hydrogens is 300 g/mol. The Balaban J connectivity index is 2.74. The molecule has 0 aliphatic rings. The number of carbonyl (C=O) groups is 2. The number of benzene rings is 1. The van der Waals surface area contributed by atoms with Crippen LogP contribution in [0, 0.1) is 13.8 Å². The molecule has 2 amide bonds. The third-order valence-electron chi connectivity index (χ3n) is 2.41. The van der Waals surface area contributed by atoms with Gasteiger partial charge >= 0.3 is 12.0 Å². The Bertz CT molecular complexity index is 465. The average molecular weight is 315 g/mol. The van der Waals surface area contributed by atoms with Crippen LogP contribution in [0.1, 0.15) is 18.1 Å². The van der Waals surface area contributed by atoms with E-state index in [0.29, 0.717) is 5.69 Å². The zero-order chi connectivity index (χ0) is 13.9. The van der Waals surface area contributed by atoms with E-state index in [4.69, 9.17) is 5.11 Å². The van der Waals surface area contributed by atoms with Gasteiger partial charge in [0.2, 0.25) is 0 Å². The molecule has 5 nitrogen and oxygen atoms in total. The van der Waals surface area contributed by atoms with E-state index in [2.05, 4.69) is 26.6 Å². The van der Waals surface area contributed by atoms with Gasteiger partial charge in [-0.1, -0.05) is 15.9 Å². The van der Waals surface area contributed by atoms with Gasteiger partial charge in [-0.3, -0.25) is 4.79 Å². The van der Waals surface area contributed by atoms with Gasteiger partial charge in [-0.15, -0.1) is 0 Å². The highest BCUT2D eigenvalue weighted by Crippen LogP contribution is 2.24. The van der Waals surface area contributed by atoms with Crippen LogP contribution in [-0.2, 0) is 4.79 Å². The number of nitrogens with one attached hydrogen (secondary N) is 2. The van der Waals surface area contributed by atoms with E-state index in [9.17, 15) is 9.59 Å². The van der Waals surface area contributed by atoms with Crippen LogP contribution in [0.15, 0.2) is 16.6 Å². The molecule has 98 valence electrons. The molecular formula is C12H15BrN2O3. The number of anilines is 1. The van der Waals surface area contributed by atoms with Gasteiger partial charge in [-0.25, -0.2) is 4.79 Å². The van der Waals surface area contributed by atoms with Gasteiger partial charge in [0.15, 0.2) is 0 Å². The minimum atomic E-state index is -1.08. The van der Waals surface area contributed by atoms with Gasteiger partial charge in [0.25, 0.3) is 0 Å². The number of hydrogen-bond acceptors (Lipinski definition) is 2. The Hall–Kier alpha value is -1.56. The molecule has 0 radical (unpaired) electrons. The molecule has 0 saturated carbocycles. The normalized spacial score (nSPS) is 11.8. The second-order valence-electron chi connectivity index (χ2n) is 4.08. The van der Waals surface area contributed by atoms with E-state index < -0.39 is 18.0 Å². The third kappa shape index (κ3) is 3.73. The van der Waals surface area contributed by atoms with E-state index >= 15 is 0 Å². The number of carboxylic acid groups (broad SMARTS) is 1. The van der Waals surface area contributed by atoms with Crippen LogP contribution < -0.4 is 10.6 Å². The molecule has 1 atom stereocenters. The first-order chi connectivity index (χ1) is 8.31. The van der Waals surface area contributed by atoms with Crippen LogP contribution in [0.25, 0.3) is 0 Å². The number of aliphatic carboxylic acids is 1. The van der Waals surface area contributed by atoms with E-state index in [0.717, 1.165) is 15.6 Å². The molecule has 0 saturated heterocycles. The van der Waals surface area contributed by atoms with Crippen molar-refractivity contribution in [1.29, 1.82) is 0 Å². The highest BCUT2D eigenvalue weighted by molar-refractivity contribution is 9.10. The summed E-state index contributed by atoms with van der Waals surface area (Å²) in [6.07, 6.45) is 0. The number of rotatable bonds is 3. The Morgan fingerprint density at radius 3 is 2.22 bits per heavy atom. The summed E-state index contributed by atoms with van der Waals surface area (Å²) in [5, 5.41) is 13.6. The van der Waals surface area contributed by atoms with E-state index in [-0.39, 0.29) is 0 Å². The van der Waals surface area contributed by atoms with Crippen molar-refractivity contribution in [2.75, 3.05) is 5.32 Å². The Kier molecular flexibility index (Phi) is 4.72. The summed E-state index contributed by atoms with van der Waals surface area (Å²) in [7, 11) is 0. The van der Waals surface area contributed by atoms with Crippen LogP contribution >= 0.6 is 15.9 Å². The third-order valence-corrected chi connectivity index (χ3v) is 3.66. The van der Waals surface area contributed by atoms with Crippen molar-refractivity contribution >= 4 is 33.6 Å². The lowest BCUT2D eigenvalue weighted by Crippen LogP contribution is -2.40. The first-order valence-electron chi connectivity index (χ1n) is 5.38. The molecule has 6 heteroatoms. The minimum Gasteiger partial charge on any atom is -0.480 e. The summed E-state index contributed by atoms with van der Waals surface area (Å²) in [6.45, 7) is 5.24. The van der Waals surface area contributed by atoms with Gasteiger partial charge in [0, 0.05) is 10.2 Å². The number of aryl methyl sites for hydroxylation is 2. The number of carbonyl (C=O) groups excluding carboxylic acids is 1. The van der Waals surface area contributed by atoms with Crippen molar-refractivity contribution in [3.05, 3.63) is 27.7 Å². The number of halogens is 1. The largest absolute Gasteiger partial charge is 0.480 e. The average Bonchev–Trinajstić information content (AvgIpc) is 2.25. The van der Waals surface area contributed by atoms with E-state index in [1.165, 1.54) is 6.92 Å². The molecule has 0 spiro atoms. The van der Waals surface area contributed by atoms with Crippen LogP contribution in [0.5, 0.6) is 0 Å². The highest BCUT2D eigenvalue weighted by Gasteiger charge is 2.14. The lowest BCUT2D eigenvalue weighted by Gasteiger charge is -2.12. The molecule has 0 aliphatic heterocycles. The number of hydrogen-bond donors (Lipinski definition) is 3. The van der Waals surface area contributed by atoms with Crippen molar-refractivity contribution in [3.63, 3.8) is 0 Å². The summed E-state index contributed by atoms with van der Waals surface area (Å²) >= 11 is 3.43. The lowest BCUT2D eigenvalue weighted by molar-refractivity contribution is -0.138. The summed E-state index contributed by atoms with van der Waals surface area (Å²) in [6, 6.07) is 2.15. The van der Waals surface area contributed by atoms with Gasteiger partial charge in [0.05, 0.1) is 0 Å². The highest BCUT2D eigenvalue weighted by atomic mass is 79.9. The number of urea groups is 1. The van der Waals surface area contributed by atoms with Crippen molar-refractivity contribution in [1.82, 2.24) is 5.32 Å². The van der Waals surface area contributed by atoms with Crippen molar-refractivity contribution in [2.24, 2.45) is 0 Å². The molecule has 1 aromatic carbocycles. The maximum Gasteiger partial charge on any atom is 0.325 e. The van der Waals surface area contributed by atoms with Crippen LogP contribution in [-0.4, -0.2) is 23.1 Å². The first kappa shape index (κ1) is 14.5. The summed E-state index contributed by atoms with van der Waals surface area (Å²) in [5.74, 6) is -1.08. The SMILES string of the molecule is Cc1cc(NC(=O)N[C@@H](C)C(=O)O)cc(C)c1Br. The van der Waals surface area contributed by atoms with Gasteiger partial charge in [0.1, 0.15) is 6.04 Å². The van der Waals surface area contributed by atoms with Crippen molar-refractivity contribution < 1.29 is 14.7 Å². The summed E-state index contributed by atoms with van der Waals surface area (Å²) in [4.78, 5) is 22.1. The molecule has 0 fully saturated rings. The van der Waals surface area contributed by atoms with Gasteiger partial charge in [-0.2, -0.15) is 0 Å².